The minimum absolute atomic E-state index is 0.310. The van der Waals surface area contributed by atoms with Gasteiger partial charge in [0.15, 0.2) is 0 Å². The van der Waals surface area contributed by atoms with Gasteiger partial charge in [-0.1, -0.05) is 48.5 Å². The molecule has 1 aromatic heterocycles. The summed E-state index contributed by atoms with van der Waals surface area (Å²) in [6.07, 6.45) is -0.373. The zero-order valence-electron chi connectivity index (χ0n) is 19.8. The number of benzene rings is 2. The highest BCUT2D eigenvalue weighted by atomic mass is 32.2. The first kappa shape index (κ1) is 24.3. The van der Waals surface area contributed by atoms with Gasteiger partial charge in [-0.3, -0.25) is 4.84 Å². The Balaban J connectivity index is 1.43. The second-order valence-corrected chi connectivity index (χ2v) is 10.3. The smallest absolute Gasteiger partial charge is 0.410 e. The third-order valence-electron chi connectivity index (χ3n) is 5.09. The Morgan fingerprint density at radius 1 is 1.09 bits per heavy atom. The summed E-state index contributed by atoms with van der Waals surface area (Å²) in [4.78, 5) is 23.1. The van der Waals surface area contributed by atoms with E-state index < -0.39 is 5.60 Å². The molecule has 1 aliphatic heterocycles. The topological polar surface area (TPSA) is 81.5 Å². The zero-order chi connectivity index (χ0) is 24.0. The number of carbonyl (C=O) groups excluding carboxylic acids is 1. The lowest BCUT2D eigenvalue weighted by Crippen LogP contribution is -2.44. The largest absolute Gasteiger partial charge is 0.444 e. The molecule has 1 amide bonds. The average Bonchev–Trinajstić information content (AvgIpc) is 3.22. The highest BCUT2D eigenvalue weighted by molar-refractivity contribution is 7.99. The zero-order valence-corrected chi connectivity index (χ0v) is 20.6. The molecule has 2 heterocycles. The number of aryl methyl sites for hydroxylation is 1. The van der Waals surface area contributed by atoms with E-state index in [0.29, 0.717) is 26.2 Å². The lowest BCUT2D eigenvalue weighted by Gasteiger charge is -2.32. The quantitative estimate of drug-likeness (QED) is 0.372. The van der Waals surface area contributed by atoms with Crippen LogP contribution in [0.1, 0.15) is 43.8 Å². The fraction of sp³-hybridized carbons (Fsp3) is 0.400. The third-order valence-corrected chi connectivity index (χ3v) is 6.08. The average molecular weight is 482 g/mol. The Bertz CT molecular complexity index is 1070. The van der Waals surface area contributed by atoms with E-state index in [2.05, 4.69) is 22.7 Å². The normalized spacial score (nSPS) is 15.7. The number of amides is 1. The predicted molar refractivity (Wildman–Crippen MR) is 131 cm³/mol. The number of thioether (sulfide) groups is 1. The van der Waals surface area contributed by atoms with Crippen LogP contribution in [0.3, 0.4) is 0 Å². The summed E-state index contributed by atoms with van der Waals surface area (Å²) in [7, 11) is 0. The van der Waals surface area contributed by atoms with Crippen LogP contribution in [0, 0.1) is 0 Å². The van der Waals surface area contributed by atoms with Crippen LogP contribution < -0.4 is 5.48 Å². The van der Waals surface area contributed by atoms with Crippen LogP contribution in [0.4, 0.5) is 4.79 Å². The number of fused-ring (bicyclic) bond motifs is 1. The molecule has 3 aromatic rings. The van der Waals surface area contributed by atoms with Crippen LogP contribution in [0.25, 0.3) is 0 Å². The molecule has 1 N–H and O–H groups in total. The van der Waals surface area contributed by atoms with Gasteiger partial charge in [0.1, 0.15) is 17.0 Å². The molecule has 0 radical (unpaired) electrons. The molecule has 1 atom stereocenters. The first-order valence-corrected chi connectivity index (χ1v) is 12.4. The van der Waals surface area contributed by atoms with Crippen molar-refractivity contribution in [3.8, 4) is 0 Å². The number of carbonyl (C=O) groups is 1. The minimum atomic E-state index is -0.573. The molecular weight excluding hydrogens is 450 g/mol. The summed E-state index contributed by atoms with van der Waals surface area (Å²) in [6, 6.07) is 19.9. The third kappa shape index (κ3) is 6.82. The second-order valence-electron chi connectivity index (χ2n) is 9.09. The minimum Gasteiger partial charge on any atom is -0.444 e. The SMILES string of the molecule is CC(C)(C)OC(=O)N1Cc2nn(CCSc3ccccc3)nc2C(NOCc2ccccc2)C1. The number of nitrogens with zero attached hydrogens (tertiary/aromatic N) is 4. The van der Waals surface area contributed by atoms with Crippen LogP contribution >= 0.6 is 11.8 Å². The maximum Gasteiger partial charge on any atom is 0.410 e. The van der Waals surface area contributed by atoms with Gasteiger partial charge in [0.05, 0.1) is 25.7 Å². The summed E-state index contributed by atoms with van der Waals surface area (Å²) in [5, 5.41) is 9.40. The highest BCUT2D eigenvalue weighted by Crippen LogP contribution is 2.26. The lowest BCUT2D eigenvalue weighted by molar-refractivity contribution is -0.0190. The molecule has 0 bridgehead atoms. The first-order valence-electron chi connectivity index (χ1n) is 11.4. The summed E-state index contributed by atoms with van der Waals surface area (Å²) in [5.74, 6) is 0.843. The van der Waals surface area contributed by atoms with Crippen LogP contribution in [0.5, 0.6) is 0 Å². The van der Waals surface area contributed by atoms with Gasteiger partial charge in [-0.25, -0.2) is 4.79 Å². The number of rotatable bonds is 8. The molecule has 0 fully saturated rings. The second kappa shape index (κ2) is 11.0. The van der Waals surface area contributed by atoms with E-state index >= 15 is 0 Å². The van der Waals surface area contributed by atoms with E-state index in [-0.39, 0.29) is 12.1 Å². The van der Waals surface area contributed by atoms with Crippen molar-refractivity contribution in [1.82, 2.24) is 25.4 Å². The van der Waals surface area contributed by atoms with Crippen molar-refractivity contribution < 1.29 is 14.4 Å². The molecule has 0 saturated carbocycles. The lowest BCUT2D eigenvalue weighted by atomic mass is 10.1. The summed E-state index contributed by atoms with van der Waals surface area (Å²) in [6.45, 7) is 7.39. The highest BCUT2D eigenvalue weighted by Gasteiger charge is 2.34. The van der Waals surface area contributed by atoms with Gasteiger partial charge < -0.3 is 9.64 Å². The molecule has 4 rings (SSSR count). The summed E-state index contributed by atoms with van der Waals surface area (Å²) in [5.41, 5.74) is 5.13. The van der Waals surface area contributed by atoms with Crippen molar-refractivity contribution in [2.45, 2.75) is 57.0 Å². The molecule has 1 unspecified atom stereocenters. The first-order chi connectivity index (χ1) is 16.4. The monoisotopic (exact) mass is 481 g/mol. The van der Waals surface area contributed by atoms with Gasteiger partial charge in [0, 0.05) is 17.2 Å². The number of nitrogens with one attached hydrogen (secondary N) is 1. The van der Waals surface area contributed by atoms with Gasteiger partial charge in [-0.2, -0.15) is 20.5 Å². The van der Waals surface area contributed by atoms with Crippen LogP contribution in [0.2, 0.25) is 0 Å². The van der Waals surface area contributed by atoms with Gasteiger partial charge in [-0.15, -0.1) is 11.8 Å². The van der Waals surface area contributed by atoms with Crippen LogP contribution in [-0.4, -0.2) is 43.9 Å². The Kier molecular flexibility index (Phi) is 7.87. The van der Waals surface area contributed by atoms with Crippen molar-refractivity contribution >= 4 is 17.9 Å². The van der Waals surface area contributed by atoms with Crippen LogP contribution in [-0.2, 0) is 29.3 Å². The Labute approximate surface area is 204 Å². The molecule has 2 aromatic carbocycles. The Morgan fingerprint density at radius 3 is 2.50 bits per heavy atom. The number of hydrogen-bond donors (Lipinski definition) is 1. The number of hydrogen-bond acceptors (Lipinski definition) is 7. The number of ether oxygens (including phenoxy) is 1. The molecule has 0 spiro atoms. The maximum absolute atomic E-state index is 12.8. The number of aromatic nitrogens is 3. The molecule has 8 nitrogen and oxygen atoms in total. The molecule has 0 aliphatic carbocycles. The molecule has 9 heteroatoms. The van der Waals surface area contributed by atoms with Crippen molar-refractivity contribution in [3.05, 3.63) is 77.6 Å². The van der Waals surface area contributed by atoms with Crippen molar-refractivity contribution in [3.63, 3.8) is 0 Å². The van der Waals surface area contributed by atoms with Crippen LogP contribution in [0.15, 0.2) is 65.6 Å². The van der Waals surface area contributed by atoms with Gasteiger partial charge in [-0.05, 0) is 38.5 Å². The van der Waals surface area contributed by atoms with Crippen molar-refractivity contribution in [2.24, 2.45) is 0 Å². The Morgan fingerprint density at radius 2 is 1.79 bits per heavy atom. The molecule has 0 saturated heterocycles. The Hall–Kier alpha value is -2.88. The van der Waals surface area contributed by atoms with Gasteiger partial charge in [0.2, 0.25) is 0 Å². The standard InChI is InChI=1S/C25H31N5O3S/c1-25(2,3)33-24(31)29-16-21-23(22(17-29)28-32-18-19-10-6-4-7-11-19)27-30(26-21)14-15-34-20-12-8-5-9-13-20/h4-13,22,28H,14-18H2,1-3H3. The van der Waals surface area contributed by atoms with Gasteiger partial charge >= 0.3 is 6.09 Å². The van der Waals surface area contributed by atoms with E-state index in [1.807, 2.05) is 69.3 Å². The molecule has 180 valence electrons. The maximum atomic E-state index is 12.8. The van der Waals surface area contributed by atoms with E-state index in [0.717, 1.165) is 22.7 Å². The van der Waals surface area contributed by atoms with E-state index in [1.165, 1.54) is 4.90 Å². The molecule has 1 aliphatic rings. The van der Waals surface area contributed by atoms with E-state index in [4.69, 9.17) is 14.7 Å². The number of hydroxylamine groups is 1. The fourth-order valence-corrected chi connectivity index (χ4v) is 4.39. The molecule has 34 heavy (non-hydrogen) atoms. The van der Waals surface area contributed by atoms with E-state index in [1.54, 1.807) is 21.5 Å². The van der Waals surface area contributed by atoms with Crippen molar-refractivity contribution in [2.75, 3.05) is 12.3 Å². The fourth-order valence-electron chi connectivity index (χ4n) is 3.55. The van der Waals surface area contributed by atoms with Gasteiger partial charge in [0.25, 0.3) is 0 Å². The summed E-state index contributed by atoms with van der Waals surface area (Å²) < 4.78 is 5.60. The van der Waals surface area contributed by atoms with Crippen molar-refractivity contribution in [1.29, 1.82) is 0 Å². The van der Waals surface area contributed by atoms with E-state index in [9.17, 15) is 4.79 Å². The molecular formula is C25H31N5O3S. The predicted octanol–water partition coefficient (Wildman–Crippen LogP) is 4.58. The summed E-state index contributed by atoms with van der Waals surface area (Å²) >= 11 is 1.76.